The molecule has 0 aliphatic carbocycles. The van der Waals surface area contributed by atoms with Gasteiger partial charge in [0.15, 0.2) is 11.0 Å². The van der Waals surface area contributed by atoms with Crippen LogP contribution in [0.3, 0.4) is 0 Å². The van der Waals surface area contributed by atoms with Crippen LogP contribution in [0.1, 0.15) is 36.7 Å². The fourth-order valence-electron chi connectivity index (χ4n) is 2.95. The Kier molecular flexibility index (Phi) is 8.33. The van der Waals surface area contributed by atoms with Crippen LogP contribution >= 0.6 is 46.6 Å². The van der Waals surface area contributed by atoms with Crippen LogP contribution in [-0.4, -0.2) is 26.4 Å². The van der Waals surface area contributed by atoms with Gasteiger partial charge in [-0.1, -0.05) is 72.5 Å². The van der Waals surface area contributed by atoms with Gasteiger partial charge in [0.1, 0.15) is 12.4 Å². The maximum atomic E-state index is 12.4. The molecule has 6 nitrogen and oxygen atoms in total. The Bertz CT molecular complexity index is 1110. The topological polar surface area (TPSA) is 69.0 Å². The molecule has 0 unspecified atom stereocenters. The molecule has 0 fully saturated rings. The summed E-state index contributed by atoms with van der Waals surface area (Å²) in [5, 5.41) is 12.6. The van der Waals surface area contributed by atoms with Crippen LogP contribution in [0.2, 0.25) is 15.1 Å². The minimum atomic E-state index is -0.275. The third-order valence-corrected chi connectivity index (χ3v) is 6.51. The Morgan fingerprint density at radius 1 is 1.16 bits per heavy atom. The summed E-state index contributed by atoms with van der Waals surface area (Å²) in [5.41, 5.74) is 2.60. The highest BCUT2D eigenvalue weighted by Crippen LogP contribution is 2.34. The van der Waals surface area contributed by atoms with Crippen molar-refractivity contribution in [2.45, 2.75) is 38.5 Å². The number of halogens is 3. The van der Waals surface area contributed by atoms with Crippen molar-refractivity contribution in [3.8, 4) is 5.75 Å². The number of carbonyl (C=O) groups is 1. The van der Waals surface area contributed by atoms with Crippen LogP contribution in [-0.2, 0) is 18.4 Å². The van der Waals surface area contributed by atoms with Crippen LogP contribution in [0.5, 0.6) is 5.75 Å². The van der Waals surface area contributed by atoms with Crippen molar-refractivity contribution in [3.05, 3.63) is 62.4 Å². The van der Waals surface area contributed by atoms with Gasteiger partial charge in [-0.05, 0) is 42.2 Å². The van der Waals surface area contributed by atoms with Gasteiger partial charge in [0, 0.05) is 12.1 Å². The Labute approximate surface area is 206 Å². The number of ether oxygens (including phenoxy) is 1. The number of carbonyl (C=O) groups excluding carboxylic acids is 1. The molecule has 0 aliphatic heterocycles. The number of amides is 1. The lowest BCUT2D eigenvalue weighted by Crippen LogP contribution is -2.15. The Balaban J connectivity index is 1.61. The molecule has 0 saturated carbocycles. The van der Waals surface area contributed by atoms with Gasteiger partial charge in [-0.25, -0.2) is 0 Å². The predicted octanol–water partition coefficient (Wildman–Crippen LogP) is 6.52. The molecule has 0 spiro atoms. The number of aromatic nitrogens is 3. The lowest BCUT2D eigenvalue weighted by atomic mass is 10.0. The lowest BCUT2D eigenvalue weighted by molar-refractivity contribution is -0.113. The minimum Gasteiger partial charge on any atom is -0.485 e. The first-order valence-electron chi connectivity index (χ1n) is 9.84. The number of nitrogens with zero attached hydrogens (tertiary/aromatic N) is 3. The Hall–Kier alpha value is -1.93. The number of benzene rings is 2. The van der Waals surface area contributed by atoms with Gasteiger partial charge in [0.25, 0.3) is 0 Å². The Morgan fingerprint density at radius 2 is 1.84 bits per heavy atom. The number of anilines is 1. The number of rotatable bonds is 8. The summed E-state index contributed by atoms with van der Waals surface area (Å²) in [6, 6.07) is 9.23. The van der Waals surface area contributed by atoms with Crippen LogP contribution in [0.4, 0.5) is 5.69 Å². The zero-order valence-electron chi connectivity index (χ0n) is 18.1. The second-order valence-electron chi connectivity index (χ2n) is 7.52. The van der Waals surface area contributed by atoms with Crippen molar-refractivity contribution in [2.75, 3.05) is 11.1 Å². The first kappa shape index (κ1) is 24.7. The first-order valence-corrected chi connectivity index (χ1v) is 12.0. The third kappa shape index (κ3) is 6.10. The van der Waals surface area contributed by atoms with Gasteiger partial charge in [0.05, 0.1) is 21.5 Å². The molecule has 10 heteroatoms. The van der Waals surface area contributed by atoms with Crippen molar-refractivity contribution in [2.24, 2.45) is 7.05 Å². The van der Waals surface area contributed by atoms with Crippen molar-refractivity contribution in [1.29, 1.82) is 0 Å². The molecule has 32 heavy (non-hydrogen) atoms. The van der Waals surface area contributed by atoms with Gasteiger partial charge in [-0.2, -0.15) is 0 Å². The lowest BCUT2D eigenvalue weighted by Gasteiger charge is -2.14. The smallest absolute Gasteiger partial charge is 0.234 e. The SMILES string of the molecule is Cc1ccc(C(C)C)c(OCc2nnc(SCC(=O)Nc3c(Cl)cc(Cl)cc3Cl)n2C)c1. The minimum absolute atomic E-state index is 0.109. The quantitative estimate of drug-likeness (QED) is 0.347. The Morgan fingerprint density at radius 3 is 2.50 bits per heavy atom. The van der Waals surface area contributed by atoms with Crippen LogP contribution < -0.4 is 10.1 Å². The van der Waals surface area contributed by atoms with Crippen LogP contribution in [0.25, 0.3) is 0 Å². The average molecular weight is 514 g/mol. The van der Waals surface area contributed by atoms with Crippen molar-refractivity contribution in [1.82, 2.24) is 14.8 Å². The van der Waals surface area contributed by atoms with E-state index < -0.39 is 0 Å². The molecule has 3 aromatic rings. The van der Waals surface area contributed by atoms with E-state index in [1.807, 2.05) is 24.6 Å². The van der Waals surface area contributed by atoms with Crippen molar-refractivity contribution < 1.29 is 9.53 Å². The van der Waals surface area contributed by atoms with Crippen LogP contribution in [0, 0.1) is 6.92 Å². The van der Waals surface area contributed by atoms with Gasteiger partial charge in [0.2, 0.25) is 5.91 Å². The second-order valence-corrected chi connectivity index (χ2v) is 9.72. The molecule has 0 radical (unpaired) electrons. The summed E-state index contributed by atoms with van der Waals surface area (Å²) in [4.78, 5) is 12.4. The van der Waals surface area contributed by atoms with E-state index in [2.05, 4.69) is 41.5 Å². The standard InChI is InChI=1S/C22H23Cl3N4O2S/c1-12(2)15-6-5-13(3)7-18(15)31-10-19-27-28-22(29(19)4)32-11-20(30)26-21-16(24)8-14(23)9-17(21)25/h5-9,12H,10-11H2,1-4H3,(H,26,30). The molecule has 0 atom stereocenters. The van der Waals surface area contributed by atoms with E-state index in [4.69, 9.17) is 39.5 Å². The molecule has 2 aromatic carbocycles. The fourth-order valence-corrected chi connectivity index (χ4v) is 4.59. The average Bonchev–Trinajstić information content (AvgIpc) is 3.07. The maximum Gasteiger partial charge on any atom is 0.234 e. The molecule has 3 rings (SSSR count). The van der Waals surface area contributed by atoms with E-state index in [9.17, 15) is 4.79 Å². The van der Waals surface area contributed by atoms with Crippen LogP contribution in [0.15, 0.2) is 35.5 Å². The van der Waals surface area contributed by atoms with Gasteiger partial charge in [-0.15, -0.1) is 10.2 Å². The summed E-state index contributed by atoms with van der Waals surface area (Å²) in [6.07, 6.45) is 0. The maximum absolute atomic E-state index is 12.4. The van der Waals surface area contributed by atoms with Gasteiger partial charge < -0.3 is 14.6 Å². The number of thioether (sulfide) groups is 1. The highest BCUT2D eigenvalue weighted by Gasteiger charge is 2.16. The first-order chi connectivity index (χ1) is 15.2. The van der Waals surface area contributed by atoms with Gasteiger partial charge in [-0.3, -0.25) is 4.79 Å². The number of hydrogen-bond acceptors (Lipinski definition) is 5. The number of nitrogens with one attached hydrogen (secondary N) is 1. The zero-order valence-corrected chi connectivity index (χ0v) is 21.2. The summed E-state index contributed by atoms with van der Waals surface area (Å²) in [5.74, 6) is 1.68. The molecular formula is C22H23Cl3N4O2S. The third-order valence-electron chi connectivity index (χ3n) is 4.68. The molecule has 0 saturated heterocycles. The fraction of sp³-hybridized carbons (Fsp3) is 0.318. The van der Waals surface area contributed by atoms with E-state index in [0.717, 1.165) is 16.9 Å². The molecule has 0 bridgehead atoms. The van der Waals surface area contributed by atoms with E-state index in [-0.39, 0.29) is 28.3 Å². The highest BCUT2D eigenvalue weighted by atomic mass is 35.5. The number of aryl methyl sites for hydroxylation is 1. The molecule has 0 aliphatic rings. The monoisotopic (exact) mass is 512 g/mol. The molecule has 170 valence electrons. The van der Waals surface area contributed by atoms with E-state index in [1.54, 1.807) is 0 Å². The summed E-state index contributed by atoms with van der Waals surface area (Å²) >= 11 is 19.4. The normalized spacial score (nSPS) is 11.1. The van der Waals surface area contributed by atoms with E-state index in [1.165, 1.54) is 23.9 Å². The molecule has 1 amide bonds. The zero-order chi connectivity index (χ0) is 23.4. The predicted molar refractivity (Wildman–Crippen MR) is 131 cm³/mol. The summed E-state index contributed by atoms with van der Waals surface area (Å²) < 4.78 is 7.86. The largest absolute Gasteiger partial charge is 0.485 e. The molecule has 1 aromatic heterocycles. The highest BCUT2D eigenvalue weighted by molar-refractivity contribution is 7.99. The van der Waals surface area contributed by atoms with E-state index >= 15 is 0 Å². The molecule has 1 N–H and O–H groups in total. The summed E-state index contributed by atoms with van der Waals surface area (Å²) in [7, 11) is 1.84. The van der Waals surface area contributed by atoms with Crippen molar-refractivity contribution >= 4 is 58.2 Å². The summed E-state index contributed by atoms with van der Waals surface area (Å²) in [6.45, 7) is 6.56. The second kappa shape index (κ2) is 10.8. The van der Waals surface area contributed by atoms with Crippen molar-refractivity contribution in [3.63, 3.8) is 0 Å². The molecular weight excluding hydrogens is 491 g/mol. The van der Waals surface area contributed by atoms with Gasteiger partial charge >= 0.3 is 0 Å². The number of hydrogen-bond donors (Lipinski definition) is 1. The van der Waals surface area contributed by atoms with E-state index in [0.29, 0.717) is 27.6 Å². The molecule has 1 heterocycles.